The van der Waals surface area contributed by atoms with Gasteiger partial charge in [0, 0.05) is 11.9 Å². The number of benzene rings is 1. The molecular weight excluding hydrogens is 290 g/mol. The maximum Gasteiger partial charge on any atom is 0.175 e. The van der Waals surface area contributed by atoms with Gasteiger partial charge in [-0.25, -0.2) is 0 Å². The second kappa shape index (κ2) is 7.82. The van der Waals surface area contributed by atoms with E-state index in [1.807, 2.05) is 24.3 Å². The molecule has 5 heteroatoms. The molecule has 0 spiro atoms. The van der Waals surface area contributed by atoms with Crippen LogP contribution in [0, 0.1) is 0 Å². The van der Waals surface area contributed by atoms with Crippen molar-refractivity contribution >= 4 is 41.1 Å². The fourth-order valence-electron chi connectivity index (χ4n) is 1.68. The fraction of sp³-hybridized carbons (Fsp3) is 0.200. The third-order valence-corrected chi connectivity index (χ3v) is 2.96. The van der Waals surface area contributed by atoms with E-state index in [2.05, 4.69) is 41.6 Å². The van der Waals surface area contributed by atoms with Crippen LogP contribution < -0.4 is 10.6 Å². The fourth-order valence-corrected chi connectivity index (χ4v) is 1.92. The van der Waals surface area contributed by atoms with Gasteiger partial charge in [-0.1, -0.05) is 26.0 Å². The monoisotopic (exact) mass is 307 g/mol. The van der Waals surface area contributed by atoms with E-state index in [-0.39, 0.29) is 12.4 Å². The summed E-state index contributed by atoms with van der Waals surface area (Å²) < 4.78 is 0. The van der Waals surface area contributed by atoms with Crippen molar-refractivity contribution in [3.05, 3.63) is 54.4 Å². The molecule has 20 heavy (non-hydrogen) atoms. The lowest BCUT2D eigenvalue weighted by Gasteiger charge is -2.11. The number of aromatic nitrogens is 1. The zero-order valence-electron chi connectivity index (χ0n) is 11.5. The summed E-state index contributed by atoms with van der Waals surface area (Å²) in [6, 6.07) is 12.1. The van der Waals surface area contributed by atoms with E-state index in [0.29, 0.717) is 11.0 Å². The predicted molar refractivity (Wildman–Crippen MR) is 91.9 cm³/mol. The van der Waals surface area contributed by atoms with E-state index in [1.54, 1.807) is 12.4 Å². The number of pyridine rings is 1. The Morgan fingerprint density at radius 1 is 1.05 bits per heavy atom. The number of hydrogen-bond donors (Lipinski definition) is 2. The summed E-state index contributed by atoms with van der Waals surface area (Å²) in [4.78, 5) is 4.03. The van der Waals surface area contributed by atoms with Gasteiger partial charge in [-0.05, 0) is 48.0 Å². The number of rotatable bonds is 3. The highest BCUT2D eigenvalue weighted by Crippen LogP contribution is 2.17. The third kappa shape index (κ3) is 4.79. The summed E-state index contributed by atoms with van der Waals surface area (Å²) in [5.74, 6) is 0.537. The maximum atomic E-state index is 5.25. The first-order valence-corrected chi connectivity index (χ1v) is 6.64. The van der Waals surface area contributed by atoms with Gasteiger partial charge in [-0.3, -0.25) is 4.98 Å². The Balaban J connectivity index is 0.00000200. The first kappa shape index (κ1) is 16.4. The first-order chi connectivity index (χ1) is 9.15. The molecule has 1 heterocycles. The van der Waals surface area contributed by atoms with Gasteiger partial charge in [0.15, 0.2) is 5.11 Å². The minimum Gasteiger partial charge on any atom is -0.332 e. The van der Waals surface area contributed by atoms with Crippen molar-refractivity contribution in [2.75, 3.05) is 10.6 Å². The summed E-state index contributed by atoms with van der Waals surface area (Å²) >= 11 is 5.25. The van der Waals surface area contributed by atoms with Crippen LogP contribution in [-0.2, 0) is 0 Å². The zero-order chi connectivity index (χ0) is 13.7. The van der Waals surface area contributed by atoms with Crippen LogP contribution in [0.2, 0.25) is 0 Å². The van der Waals surface area contributed by atoms with Crippen molar-refractivity contribution in [3.63, 3.8) is 0 Å². The molecule has 0 aliphatic heterocycles. The molecule has 106 valence electrons. The van der Waals surface area contributed by atoms with Gasteiger partial charge in [0.2, 0.25) is 0 Å². The van der Waals surface area contributed by atoms with E-state index in [4.69, 9.17) is 12.2 Å². The second-order valence-electron chi connectivity index (χ2n) is 4.60. The second-order valence-corrected chi connectivity index (χ2v) is 5.01. The number of nitrogens with zero attached hydrogens (tertiary/aromatic N) is 1. The molecule has 1 aromatic carbocycles. The van der Waals surface area contributed by atoms with Crippen molar-refractivity contribution in [2.24, 2.45) is 0 Å². The van der Waals surface area contributed by atoms with Gasteiger partial charge in [0.1, 0.15) is 0 Å². The molecule has 0 saturated heterocycles. The lowest BCUT2D eigenvalue weighted by Crippen LogP contribution is -2.19. The summed E-state index contributed by atoms with van der Waals surface area (Å²) in [6.07, 6.45) is 3.46. The van der Waals surface area contributed by atoms with Crippen molar-refractivity contribution in [3.8, 4) is 0 Å². The van der Waals surface area contributed by atoms with Gasteiger partial charge in [0.05, 0.1) is 11.9 Å². The molecule has 0 atom stereocenters. The summed E-state index contributed by atoms with van der Waals surface area (Å²) in [5.41, 5.74) is 3.17. The minimum atomic E-state index is 0. The quantitative estimate of drug-likeness (QED) is 0.822. The molecule has 2 rings (SSSR count). The number of hydrogen-bond acceptors (Lipinski definition) is 2. The predicted octanol–water partition coefficient (Wildman–Crippen LogP) is 4.44. The van der Waals surface area contributed by atoms with Gasteiger partial charge in [0.25, 0.3) is 0 Å². The highest BCUT2D eigenvalue weighted by Gasteiger charge is 2.01. The van der Waals surface area contributed by atoms with Crippen molar-refractivity contribution in [1.82, 2.24) is 4.98 Å². The van der Waals surface area contributed by atoms with Crippen LogP contribution in [0.4, 0.5) is 11.4 Å². The molecule has 0 radical (unpaired) electrons. The largest absolute Gasteiger partial charge is 0.332 e. The van der Waals surface area contributed by atoms with Crippen molar-refractivity contribution < 1.29 is 0 Å². The van der Waals surface area contributed by atoms with Crippen LogP contribution in [0.1, 0.15) is 25.3 Å². The van der Waals surface area contributed by atoms with E-state index in [9.17, 15) is 0 Å². The number of thiocarbonyl (C=S) groups is 1. The summed E-state index contributed by atoms with van der Waals surface area (Å²) in [7, 11) is 0. The molecule has 0 amide bonds. The lowest BCUT2D eigenvalue weighted by atomic mass is 10.0. The normalized spacial score (nSPS) is 9.75. The molecule has 0 unspecified atom stereocenters. The van der Waals surface area contributed by atoms with Crippen LogP contribution in [0.5, 0.6) is 0 Å². The van der Waals surface area contributed by atoms with E-state index in [0.717, 1.165) is 11.4 Å². The van der Waals surface area contributed by atoms with Crippen LogP contribution in [0.25, 0.3) is 0 Å². The smallest absolute Gasteiger partial charge is 0.175 e. The summed E-state index contributed by atoms with van der Waals surface area (Å²) in [6.45, 7) is 4.36. The number of halogens is 1. The first-order valence-electron chi connectivity index (χ1n) is 6.23. The average Bonchev–Trinajstić information content (AvgIpc) is 2.40. The van der Waals surface area contributed by atoms with Crippen molar-refractivity contribution in [2.45, 2.75) is 19.8 Å². The Bertz CT molecular complexity index is 541. The van der Waals surface area contributed by atoms with E-state index >= 15 is 0 Å². The Labute approximate surface area is 131 Å². The Kier molecular flexibility index (Phi) is 6.42. The molecule has 0 bridgehead atoms. The van der Waals surface area contributed by atoms with E-state index < -0.39 is 0 Å². The molecule has 0 saturated carbocycles. The molecule has 3 nitrogen and oxygen atoms in total. The SMILES string of the molecule is CC(C)c1ccc(NC(=S)Nc2cccnc2)cc1.Cl. The molecular formula is C15H18ClN3S. The highest BCUT2D eigenvalue weighted by atomic mass is 35.5. The molecule has 2 aromatic rings. The van der Waals surface area contributed by atoms with Crippen molar-refractivity contribution in [1.29, 1.82) is 0 Å². The molecule has 1 aromatic heterocycles. The Morgan fingerprint density at radius 3 is 2.25 bits per heavy atom. The molecule has 0 fully saturated rings. The average molecular weight is 308 g/mol. The molecule has 0 aliphatic rings. The topological polar surface area (TPSA) is 37.0 Å². The maximum absolute atomic E-state index is 5.25. The number of anilines is 2. The highest BCUT2D eigenvalue weighted by molar-refractivity contribution is 7.80. The minimum absolute atomic E-state index is 0. The van der Waals surface area contributed by atoms with Crippen LogP contribution >= 0.6 is 24.6 Å². The van der Waals surface area contributed by atoms with E-state index in [1.165, 1.54) is 5.56 Å². The lowest BCUT2D eigenvalue weighted by molar-refractivity contribution is 0.867. The molecule has 2 N–H and O–H groups in total. The standard InChI is InChI=1S/C15H17N3S.ClH/c1-11(2)12-5-7-13(8-6-12)17-15(19)18-14-4-3-9-16-10-14;/h3-11H,1-2H3,(H2,17,18,19);1H. The Hall–Kier alpha value is -1.65. The van der Waals surface area contributed by atoms with Crippen LogP contribution in [-0.4, -0.2) is 10.1 Å². The van der Waals surface area contributed by atoms with Gasteiger partial charge in [-0.15, -0.1) is 12.4 Å². The van der Waals surface area contributed by atoms with Crippen LogP contribution in [0.15, 0.2) is 48.8 Å². The third-order valence-electron chi connectivity index (χ3n) is 2.75. The van der Waals surface area contributed by atoms with Gasteiger partial charge >= 0.3 is 0 Å². The zero-order valence-corrected chi connectivity index (χ0v) is 13.1. The van der Waals surface area contributed by atoms with Crippen LogP contribution in [0.3, 0.4) is 0 Å². The summed E-state index contributed by atoms with van der Waals surface area (Å²) in [5, 5.41) is 6.80. The van der Waals surface area contributed by atoms with Gasteiger partial charge < -0.3 is 10.6 Å². The molecule has 0 aliphatic carbocycles. The number of nitrogens with one attached hydrogen (secondary N) is 2. The van der Waals surface area contributed by atoms with Gasteiger partial charge in [-0.2, -0.15) is 0 Å². The Morgan fingerprint density at radius 2 is 1.70 bits per heavy atom.